The van der Waals surface area contributed by atoms with Gasteiger partial charge in [-0.2, -0.15) is 0 Å². The summed E-state index contributed by atoms with van der Waals surface area (Å²) >= 11 is 0. The molecule has 1 aliphatic heterocycles. The Morgan fingerprint density at radius 3 is 2.90 bits per heavy atom. The second kappa shape index (κ2) is 5.07. The van der Waals surface area contributed by atoms with E-state index in [4.69, 9.17) is 10.3 Å². The third-order valence-electron chi connectivity index (χ3n) is 3.53. The van der Waals surface area contributed by atoms with Crippen molar-refractivity contribution in [2.75, 3.05) is 16.6 Å². The Kier molecular flexibility index (Phi) is 3.36. The van der Waals surface area contributed by atoms with E-state index in [9.17, 15) is 8.42 Å². The molecule has 0 saturated carbocycles. The number of sulfonamides is 1. The van der Waals surface area contributed by atoms with Crippen LogP contribution >= 0.6 is 0 Å². The molecule has 2 N–H and O–H groups in total. The smallest absolute Gasteiger partial charge is 0.241 e. The van der Waals surface area contributed by atoms with Crippen molar-refractivity contribution in [2.45, 2.75) is 25.5 Å². The first-order chi connectivity index (χ1) is 9.95. The van der Waals surface area contributed by atoms with Crippen molar-refractivity contribution in [3.63, 3.8) is 0 Å². The molecule has 0 spiro atoms. The van der Waals surface area contributed by atoms with Crippen LogP contribution in [0.1, 0.15) is 23.4 Å². The van der Waals surface area contributed by atoms with Gasteiger partial charge < -0.3 is 10.3 Å². The topological polar surface area (TPSA) is 89.4 Å². The van der Waals surface area contributed by atoms with E-state index in [1.807, 2.05) is 6.07 Å². The fourth-order valence-electron chi connectivity index (χ4n) is 2.60. The Morgan fingerprint density at radius 1 is 1.38 bits per heavy atom. The lowest BCUT2D eigenvalue weighted by molar-refractivity contribution is 0.392. The average molecular weight is 307 g/mol. The van der Waals surface area contributed by atoms with Crippen molar-refractivity contribution in [1.82, 2.24) is 5.16 Å². The molecule has 2 aromatic rings. The first kappa shape index (κ1) is 13.9. The van der Waals surface area contributed by atoms with Crippen molar-refractivity contribution < 1.29 is 12.9 Å². The number of aryl methyl sites for hydroxylation is 2. The summed E-state index contributed by atoms with van der Waals surface area (Å²) < 4.78 is 31.7. The number of aromatic nitrogens is 1. The van der Waals surface area contributed by atoms with Crippen LogP contribution in [0.2, 0.25) is 0 Å². The summed E-state index contributed by atoms with van der Waals surface area (Å²) in [7, 11) is -3.50. The van der Waals surface area contributed by atoms with Gasteiger partial charge in [-0.05, 0) is 37.5 Å². The van der Waals surface area contributed by atoms with Crippen LogP contribution in [0.5, 0.6) is 0 Å². The predicted molar refractivity (Wildman–Crippen MR) is 80.4 cm³/mol. The maximum Gasteiger partial charge on any atom is 0.241 e. The Morgan fingerprint density at radius 2 is 2.19 bits per heavy atom. The summed E-state index contributed by atoms with van der Waals surface area (Å²) in [4.78, 5) is 0. The number of hydrogen-bond donors (Lipinski definition) is 1. The largest absolute Gasteiger partial charge is 0.399 e. The van der Waals surface area contributed by atoms with Crippen LogP contribution < -0.4 is 10.0 Å². The van der Waals surface area contributed by atoms with E-state index in [1.165, 1.54) is 4.31 Å². The van der Waals surface area contributed by atoms with Gasteiger partial charge in [0.2, 0.25) is 10.0 Å². The Balaban J connectivity index is 1.95. The van der Waals surface area contributed by atoms with Gasteiger partial charge in [-0.25, -0.2) is 8.42 Å². The second-order valence-electron chi connectivity index (χ2n) is 5.25. The highest BCUT2D eigenvalue weighted by Crippen LogP contribution is 2.32. The summed E-state index contributed by atoms with van der Waals surface area (Å²) in [5.41, 5.74) is 8.47. The molecule has 0 aliphatic carbocycles. The molecule has 0 bridgehead atoms. The van der Waals surface area contributed by atoms with Crippen LogP contribution in [0.4, 0.5) is 11.4 Å². The quantitative estimate of drug-likeness (QED) is 0.874. The molecule has 21 heavy (non-hydrogen) atoms. The lowest BCUT2D eigenvalue weighted by Gasteiger charge is -2.30. The number of fused-ring (bicyclic) bond motifs is 1. The van der Waals surface area contributed by atoms with Crippen molar-refractivity contribution in [1.29, 1.82) is 0 Å². The highest BCUT2D eigenvalue weighted by molar-refractivity contribution is 7.92. The van der Waals surface area contributed by atoms with Crippen molar-refractivity contribution in [3.05, 3.63) is 41.3 Å². The first-order valence-electron chi connectivity index (χ1n) is 6.77. The summed E-state index contributed by atoms with van der Waals surface area (Å²) in [5, 5.41) is 3.76. The average Bonchev–Trinajstić information content (AvgIpc) is 2.82. The normalized spacial score (nSPS) is 15.0. The summed E-state index contributed by atoms with van der Waals surface area (Å²) in [5.74, 6) is 0.432. The van der Waals surface area contributed by atoms with Gasteiger partial charge in [0.1, 0.15) is 17.2 Å². The highest BCUT2D eigenvalue weighted by atomic mass is 32.2. The molecule has 6 nitrogen and oxygen atoms in total. The third kappa shape index (κ3) is 2.73. The molecule has 1 aliphatic rings. The SMILES string of the molecule is Cc1cc(CS(=O)(=O)N2CCCc3ccc(N)cc32)no1. The zero-order valence-electron chi connectivity index (χ0n) is 11.7. The highest BCUT2D eigenvalue weighted by Gasteiger charge is 2.28. The number of anilines is 2. The number of hydrogen-bond acceptors (Lipinski definition) is 5. The van der Waals surface area contributed by atoms with E-state index < -0.39 is 10.0 Å². The van der Waals surface area contributed by atoms with Crippen LogP contribution in [-0.4, -0.2) is 20.1 Å². The van der Waals surface area contributed by atoms with Crippen LogP contribution in [0, 0.1) is 6.92 Å². The first-order valence-corrected chi connectivity index (χ1v) is 8.38. The molecule has 0 amide bonds. The molecule has 0 unspecified atom stereocenters. The number of rotatable bonds is 3. The summed E-state index contributed by atoms with van der Waals surface area (Å²) in [6.45, 7) is 2.20. The van der Waals surface area contributed by atoms with E-state index in [-0.39, 0.29) is 5.75 Å². The molecule has 2 heterocycles. The van der Waals surface area contributed by atoms with Crippen LogP contribution in [0.25, 0.3) is 0 Å². The van der Waals surface area contributed by atoms with Gasteiger partial charge in [-0.15, -0.1) is 0 Å². The predicted octanol–water partition coefficient (Wildman–Crippen LogP) is 1.85. The molecule has 1 aromatic heterocycles. The lowest BCUT2D eigenvalue weighted by Crippen LogP contribution is -2.36. The molecular weight excluding hydrogens is 290 g/mol. The minimum atomic E-state index is -3.50. The van der Waals surface area contributed by atoms with Gasteiger partial charge in [0.15, 0.2) is 0 Å². The zero-order valence-corrected chi connectivity index (χ0v) is 12.6. The fraction of sp³-hybridized carbons (Fsp3) is 0.357. The van der Waals surface area contributed by atoms with Gasteiger partial charge in [0.05, 0.1) is 5.69 Å². The summed E-state index contributed by atoms with van der Waals surface area (Å²) in [6.07, 6.45) is 1.67. The lowest BCUT2D eigenvalue weighted by atomic mass is 10.0. The molecule has 1 aromatic carbocycles. The Bertz CT molecular complexity index is 768. The van der Waals surface area contributed by atoms with Crippen LogP contribution in [0.3, 0.4) is 0 Å². The van der Waals surface area contributed by atoms with Gasteiger partial charge in [-0.3, -0.25) is 4.31 Å². The third-order valence-corrected chi connectivity index (χ3v) is 5.24. The van der Waals surface area contributed by atoms with E-state index >= 15 is 0 Å². The standard InChI is InChI=1S/C14H17N3O3S/c1-10-7-13(16-20-10)9-21(18,19)17-6-2-3-11-4-5-12(15)8-14(11)17/h4-5,7-8H,2-3,6,9,15H2,1H3. The minimum Gasteiger partial charge on any atom is -0.399 e. The maximum atomic E-state index is 12.6. The van der Waals surface area contributed by atoms with Gasteiger partial charge in [0, 0.05) is 18.3 Å². The summed E-state index contributed by atoms with van der Waals surface area (Å²) in [6, 6.07) is 7.06. The Hall–Kier alpha value is -2.02. The van der Waals surface area contributed by atoms with E-state index in [0.717, 1.165) is 18.4 Å². The maximum absolute atomic E-state index is 12.6. The zero-order chi connectivity index (χ0) is 15.0. The molecule has 0 atom stereocenters. The van der Waals surface area contributed by atoms with Crippen LogP contribution in [-0.2, 0) is 22.2 Å². The van der Waals surface area contributed by atoms with E-state index in [1.54, 1.807) is 25.1 Å². The molecule has 7 heteroatoms. The van der Waals surface area contributed by atoms with E-state index in [0.29, 0.717) is 29.4 Å². The van der Waals surface area contributed by atoms with E-state index in [2.05, 4.69) is 5.16 Å². The number of benzene rings is 1. The number of nitrogens with two attached hydrogens (primary N) is 1. The monoisotopic (exact) mass is 307 g/mol. The second-order valence-corrected chi connectivity index (χ2v) is 7.14. The Labute approximate surface area is 123 Å². The molecule has 0 radical (unpaired) electrons. The molecule has 3 rings (SSSR count). The van der Waals surface area contributed by atoms with Crippen molar-refractivity contribution in [3.8, 4) is 0 Å². The molecule has 112 valence electrons. The number of nitrogens with zero attached hydrogens (tertiary/aromatic N) is 2. The van der Waals surface area contributed by atoms with Crippen molar-refractivity contribution >= 4 is 21.4 Å². The van der Waals surface area contributed by atoms with Crippen molar-refractivity contribution in [2.24, 2.45) is 0 Å². The van der Waals surface area contributed by atoms with Gasteiger partial charge in [0.25, 0.3) is 0 Å². The van der Waals surface area contributed by atoms with Crippen LogP contribution in [0.15, 0.2) is 28.8 Å². The van der Waals surface area contributed by atoms with Gasteiger partial charge in [-0.1, -0.05) is 11.2 Å². The molecule has 0 saturated heterocycles. The molecular formula is C14H17N3O3S. The fourth-order valence-corrected chi connectivity index (χ4v) is 4.14. The molecule has 0 fully saturated rings. The van der Waals surface area contributed by atoms with Gasteiger partial charge >= 0.3 is 0 Å². The number of nitrogen functional groups attached to an aromatic ring is 1. The minimum absolute atomic E-state index is 0.168.